The standard InChI is InChI=1S/C16H21N3O2/c1-19(2)6-5-12-9-17-15-4-3-11(8-14(12)15)7-13-10-21-16(20)18-13/h3-4,8-9,13,17H,5-7,10H2,1-2H3,(H,18,20)/t13-/m0/s1/i1D3,2D3,3D,4D,5D2,7D2,8D,9D,10D2/hD2. The van der Waals surface area contributed by atoms with Crippen LogP contribution in [0.25, 0.3) is 10.9 Å². The number of nitrogens with one attached hydrogen (secondary N) is 2. The summed E-state index contributed by atoms with van der Waals surface area (Å²) >= 11 is 0. The number of aromatic nitrogens is 1. The molecule has 3 rings (SSSR count). The first-order valence-electron chi connectivity index (χ1n) is 14.6. The normalized spacial score (nSPS) is 36.1. The third-order valence-corrected chi connectivity index (χ3v) is 2.51. The third kappa shape index (κ3) is 3.19. The molecule has 1 aromatic carbocycles. The van der Waals surface area contributed by atoms with E-state index in [1.165, 1.54) is 0 Å². The minimum Gasteiger partial charge on any atom is -0.447 e. The van der Waals surface area contributed by atoms with Gasteiger partial charge < -0.3 is 19.9 Å². The van der Waals surface area contributed by atoms with Crippen LogP contribution in [0.4, 0.5) is 4.79 Å². The van der Waals surface area contributed by atoms with Crippen molar-refractivity contribution in [2.24, 2.45) is 0 Å². The lowest BCUT2D eigenvalue weighted by Crippen LogP contribution is -2.28. The van der Waals surface area contributed by atoms with Crippen molar-refractivity contribution in [1.29, 1.82) is 0 Å². The van der Waals surface area contributed by atoms with Crippen molar-refractivity contribution in [2.75, 3.05) is 27.1 Å². The number of aromatic amines is 1. The lowest BCUT2D eigenvalue weighted by molar-refractivity contribution is 0.177. The summed E-state index contributed by atoms with van der Waals surface area (Å²) in [6.07, 6.45) is -9.07. The van der Waals surface area contributed by atoms with E-state index < -0.39 is 98.3 Å². The molecule has 0 unspecified atom stereocenters. The van der Waals surface area contributed by atoms with Gasteiger partial charge in [-0.2, -0.15) is 0 Å². The molecule has 0 aliphatic carbocycles. The third-order valence-electron chi connectivity index (χ3n) is 2.51. The number of cyclic esters (lactones) is 1. The zero-order valence-corrected chi connectivity index (χ0v) is 10.4. The number of amides is 1. The molecule has 21 heavy (non-hydrogen) atoms. The zero-order chi connectivity index (χ0) is 30.4. The number of ether oxygens (including phenoxy) is 1. The van der Waals surface area contributed by atoms with Crippen LogP contribution in [0.5, 0.6) is 0 Å². The van der Waals surface area contributed by atoms with Gasteiger partial charge in [0.1, 0.15) is 6.56 Å². The highest BCUT2D eigenvalue weighted by molar-refractivity contribution is 5.84. The minimum atomic E-state index is -3.36. The average Bonchev–Trinajstić information content (AvgIpc) is 3.12. The molecule has 5 nitrogen and oxygen atoms in total. The number of H-pyrrole nitrogens is 1. The fourth-order valence-corrected chi connectivity index (χ4v) is 1.65. The lowest BCUT2D eigenvalue weighted by Gasteiger charge is -2.09. The summed E-state index contributed by atoms with van der Waals surface area (Å²) < 4.78 is 149. The smallest absolute Gasteiger partial charge is 0.407 e. The van der Waals surface area contributed by atoms with Gasteiger partial charge in [0.05, 0.1) is 14.3 Å². The van der Waals surface area contributed by atoms with Gasteiger partial charge in [-0.05, 0) is 49.9 Å². The summed E-state index contributed by atoms with van der Waals surface area (Å²) in [6.45, 7) is -11.3. The molecule has 1 amide bonds. The number of nitrogens with zero attached hydrogens (tertiary/aromatic N) is 1. The molecule has 0 saturated carbocycles. The predicted octanol–water partition coefficient (Wildman–Crippen LogP) is 1.92. The molecule has 0 bridgehead atoms. The Balaban J connectivity index is 2.39. The fraction of sp³-hybridized carbons (Fsp3) is 0.438. The molecule has 1 atom stereocenters. The quantitative estimate of drug-likeness (QED) is 0.887. The number of benzene rings is 1. The van der Waals surface area contributed by atoms with Crippen LogP contribution in [-0.4, -0.2) is 49.1 Å². The zero-order valence-electron chi connectivity index (χ0n) is 28.4. The molecule has 1 aliphatic heterocycles. The highest BCUT2D eigenvalue weighted by Crippen LogP contribution is 2.21. The van der Waals surface area contributed by atoms with E-state index in [1.807, 2.05) is 0 Å². The van der Waals surface area contributed by atoms with Crippen LogP contribution in [0.1, 0.15) is 33.1 Å². The van der Waals surface area contributed by atoms with Crippen molar-refractivity contribution in [1.82, 2.24) is 15.2 Å². The molecule has 0 spiro atoms. The van der Waals surface area contributed by atoms with Crippen molar-refractivity contribution < 1.29 is 34.3 Å². The van der Waals surface area contributed by atoms with E-state index >= 15 is 0 Å². The monoisotopic (exact) mass is 305 g/mol. The van der Waals surface area contributed by atoms with Crippen LogP contribution in [-0.2, 0) is 17.5 Å². The molecule has 1 aliphatic rings. The van der Waals surface area contributed by atoms with Crippen molar-refractivity contribution in [3.05, 3.63) is 35.4 Å². The summed E-state index contributed by atoms with van der Waals surface area (Å²) in [6, 6.07) is -5.63. The van der Waals surface area contributed by atoms with E-state index in [9.17, 15) is 4.79 Å². The van der Waals surface area contributed by atoms with E-state index in [0.717, 1.165) is 0 Å². The first-order chi connectivity index (χ1) is 17.3. The highest BCUT2D eigenvalue weighted by atomic mass is 16.6. The van der Waals surface area contributed by atoms with Crippen LogP contribution in [0.2, 0.25) is 2.82 Å². The second-order valence-corrected chi connectivity index (χ2v) is 4.00. The molecule has 0 radical (unpaired) electrons. The predicted molar refractivity (Wildman–Crippen MR) is 82.5 cm³/mol. The van der Waals surface area contributed by atoms with Crippen LogP contribution in [0.3, 0.4) is 0 Å². The van der Waals surface area contributed by atoms with Crippen LogP contribution < -0.4 is 5.31 Å². The number of carbonyl (C=O) groups excluding carboxylic acids is 1. The maximum atomic E-state index is 11.8. The van der Waals surface area contributed by atoms with Gasteiger partial charge in [-0.25, -0.2) is 4.79 Å². The molecule has 112 valence electrons. The van der Waals surface area contributed by atoms with Gasteiger partial charge in [-0.3, -0.25) is 0 Å². The van der Waals surface area contributed by atoms with E-state index in [1.54, 1.807) is 0 Å². The number of hydrogen-bond donors (Lipinski definition) is 2. The van der Waals surface area contributed by atoms with Crippen molar-refractivity contribution in [3.8, 4) is 0 Å². The Hall–Kier alpha value is -2.01. The van der Waals surface area contributed by atoms with Crippen LogP contribution in [0.15, 0.2) is 24.3 Å². The first kappa shape index (κ1) is 4.04. The maximum Gasteiger partial charge on any atom is 0.407 e. The summed E-state index contributed by atoms with van der Waals surface area (Å²) in [5.74, 6) is 0. The van der Waals surface area contributed by atoms with Crippen molar-refractivity contribution >= 4 is 17.0 Å². The Morgan fingerprint density at radius 2 is 2.57 bits per heavy atom. The number of likely N-dealkylation sites (N-methyl/N-ethyl adjacent to an activating group) is 1. The first-order valence-corrected chi connectivity index (χ1v) is 5.74. The topological polar surface area (TPSA) is 57.4 Å². The molecule has 2 heterocycles. The summed E-state index contributed by atoms with van der Waals surface area (Å²) in [4.78, 5) is 11.8. The number of rotatable bonds is 5. The second kappa shape index (κ2) is 5.77. The largest absolute Gasteiger partial charge is 0.447 e. The Morgan fingerprint density at radius 1 is 1.67 bits per heavy atom. The van der Waals surface area contributed by atoms with Gasteiger partial charge in [0.25, 0.3) is 0 Å². The summed E-state index contributed by atoms with van der Waals surface area (Å²) in [7, 11) is 0. The van der Waals surface area contributed by atoms with Crippen molar-refractivity contribution in [3.63, 3.8) is 0 Å². The molecule has 2 N–H and O–H groups in total. The molecule has 2 aromatic rings. The highest BCUT2D eigenvalue weighted by Gasteiger charge is 2.22. The van der Waals surface area contributed by atoms with Gasteiger partial charge in [0.2, 0.25) is 0 Å². The molecular weight excluding hydrogens is 266 g/mol. The number of carbonyl (C=O) groups is 1. The van der Waals surface area contributed by atoms with Crippen molar-refractivity contribution in [2.45, 2.75) is 18.8 Å². The van der Waals surface area contributed by atoms with Gasteiger partial charge in [-0.15, -0.1) is 0 Å². The minimum absolute atomic E-state index is 0.146. The van der Waals surface area contributed by atoms with Gasteiger partial charge in [-0.1, -0.05) is 6.04 Å². The van der Waals surface area contributed by atoms with Crippen LogP contribution in [0, 0.1) is 0 Å². The average molecular weight is 305 g/mol. The van der Waals surface area contributed by atoms with E-state index in [4.69, 9.17) is 24.8 Å². The maximum absolute atomic E-state index is 11.8. The number of fused-ring (bicyclic) bond motifs is 1. The van der Waals surface area contributed by atoms with Gasteiger partial charge in [0.15, 0.2) is 2.82 Å². The Bertz CT molecular complexity index is 1320. The molecule has 1 aromatic heterocycles. The van der Waals surface area contributed by atoms with Gasteiger partial charge >= 0.3 is 6.09 Å². The van der Waals surface area contributed by atoms with Gasteiger partial charge in [0, 0.05) is 37.3 Å². The Labute approximate surface area is 149 Å². The van der Waals surface area contributed by atoms with E-state index in [2.05, 4.69) is 4.74 Å². The number of hydrogen-bond acceptors (Lipinski definition) is 3. The fourth-order valence-electron chi connectivity index (χ4n) is 1.65. The SMILES string of the molecule is [2H]c1c(C([2H])([2H])[C@@H]2N([2H])C(=O)OC2([2H])[2H])c([2H])c2c(C([2H])([2H])CN(C([2H])([2H])[2H])C([2H])([2H])[2H])c([2H])n([2H])c2c1[2H]. The molecular formula is C16H21N3O2. The summed E-state index contributed by atoms with van der Waals surface area (Å²) in [5, 5.41) is -0.999. The molecule has 5 heteroatoms. The molecule has 1 saturated heterocycles. The molecule has 1 fully saturated rings. The second-order valence-electron chi connectivity index (χ2n) is 4.00. The van der Waals surface area contributed by atoms with E-state index in [0.29, 0.717) is 0 Å². The summed E-state index contributed by atoms with van der Waals surface area (Å²) in [5.41, 5.74) is -2.78. The lowest BCUT2D eigenvalue weighted by atomic mass is 10.0. The number of alkyl carbamates (subject to hydrolysis) is 1. The Morgan fingerprint density at radius 3 is 3.33 bits per heavy atom. The van der Waals surface area contributed by atoms with Crippen LogP contribution >= 0.6 is 0 Å². The Kier molecular flexibility index (Phi) is 1.11. The van der Waals surface area contributed by atoms with E-state index in [-0.39, 0.29) is 15.2 Å².